The standard InChI is InChI=1S/C31H27ClFN7O3/c1-19-8-9-20(28-35-24-17-21(33)10-11-25(24)37(28)2)16-23(19)36-29(41)31(43)39-14-12-38(13-15-39)26-18-34-40(30(42)27(26)32)22-6-4-3-5-7-22/h3-11,16-18H,12-15H2,1-2H3,(H,36,41). The largest absolute Gasteiger partial charge is 0.365 e. The normalized spacial score (nSPS) is 13.4. The van der Waals surface area contributed by atoms with Crippen molar-refractivity contribution >= 4 is 45.8 Å². The summed E-state index contributed by atoms with van der Waals surface area (Å²) < 4.78 is 16.8. The second-order valence-corrected chi connectivity index (χ2v) is 10.7. The number of rotatable bonds is 4. The third-order valence-electron chi connectivity index (χ3n) is 7.59. The van der Waals surface area contributed by atoms with Crippen molar-refractivity contribution in [3.63, 3.8) is 0 Å². The molecular weight excluding hydrogens is 573 g/mol. The van der Waals surface area contributed by atoms with E-state index in [0.29, 0.717) is 47.1 Å². The highest BCUT2D eigenvalue weighted by molar-refractivity contribution is 6.39. The van der Waals surface area contributed by atoms with E-state index >= 15 is 0 Å². The van der Waals surface area contributed by atoms with E-state index in [1.54, 1.807) is 36.4 Å². The zero-order valence-electron chi connectivity index (χ0n) is 23.4. The summed E-state index contributed by atoms with van der Waals surface area (Å²) in [6, 6.07) is 18.9. The molecule has 0 radical (unpaired) electrons. The number of amides is 2. The van der Waals surface area contributed by atoms with Gasteiger partial charge in [0.1, 0.15) is 16.7 Å². The molecular formula is C31H27ClFN7O3. The molecule has 0 bridgehead atoms. The van der Waals surface area contributed by atoms with Crippen molar-refractivity contribution in [1.82, 2.24) is 24.2 Å². The van der Waals surface area contributed by atoms with Gasteiger partial charge in [-0.1, -0.05) is 41.9 Å². The topological polar surface area (TPSA) is 105 Å². The molecule has 2 aromatic heterocycles. The number of anilines is 2. The molecule has 0 aliphatic carbocycles. The molecule has 1 fully saturated rings. The Morgan fingerprint density at radius 3 is 2.47 bits per heavy atom. The molecule has 218 valence electrons. The van der Waals surface area contributed by atoms with Crippen LogP contribution in [0.1, 0.15) is 5.56 Å². The Hall–Kier alpha value is -5.03. The van der Waals surface area contributed by atoms with Gasteiger partial charge < -0.3 is 19.7 Å². The lowest BCUT2D eigenvalue weighted by Crippen LogP contribution is -2.52. The number of para-hydroxylation sites is 1. The Labute approximate surface area is 250 Å². The van der Waals surface area contributed by atoms with Gasteiger partial charge in [-0.15, -0.1) is 0 Å². The summed E-state index contributed by atoms with van der Waals surface area (Å²) >= 11 is 6.45. The van der Waals surface area contributed by atoms with Gasteiger partial charge in [0.15, 0.2) is 0 Å². The molecule has 1 N–H and O–H groups in total. The first-order chi connectivity index (χ1) is 20.7. The van der Waals surface area contributed by atoms with Crippen LogP contribution in [0.2, 0.25) is 5.02 Å². The van der Waals surface area contributed by atoms with Gasteiger partial charge in [-0.05, 0) is 42.8 Å². The first-order valence-electron chi connectivity index (χ1n) is 13.6. The number of imidazole rings is 1. The van der Waals surface area contributed by atoms with E-state index in [0.717, 1.165) is 11.1 Å². The summed E-state index contributed by atoms with van der Waals surface area (Å²) in [6.07, 6.45) is 1.54. The average molecular weight is 600 g/mol. The second kappa shape index (κ2) is 11.3. The molecule has 10 nitrogen and oxygen atoms in total. The molecule has 3 aromatic carbocycles. The van der Waals surface area contributed by atoms with Crippen LogP contribution in [0.3, 0.4) is 0 Å². The first-order valence-corrected chi connectivity index (χ1v) is 14.0. The number of nitrogens with one attached hydrogen (secondary N) is 1. The van der Waals surface area contributed by atoms with Crippen LogP contribution in [0.5, 0.6) is 0 Å². The lowest BCUT2D eigenvalue weighted by Gasteiger charge is -2.35. The number of hydrogen-bond donors (Lipinski definition) is 1. The highest BCUT2D eigenvalue weighted by Crippen LogP contribution is 2.28. The summed E-state index contributed by atoms with van der Waals surface area (Å²) in [7, 11) is 1.83. The number of aromatic nitrogens is 4. The molecule has 1 aliphatic rings. The van der Waals surface area contributed by atoms with Crippen LogP contribution >= 0.6 is 11.6 Å². The molecule has 0 unspecified atom stereocenters. The number of carbonyl (C=O) groups excluding carboxylic acids is 2. The fourth-order valence-electron chi connectivity index (χ4n) is 5.19. The molecule has 6 rings (SSSR count). The van der Waals surface area contributed by atoms with Gasteiger partial charge >= 0.3 is 11.8 Å². The Morgan fingerprint density at radius 2 is 1.72 bits per heavy atom. The fourth-order valence-corrected chi connectivity index (χ4v) is 5.44. The fraction of sp³-hybridized carbons (Fsp3) is 0.194. The van der Waals surface area contributed by atoms with Crippen LogP contribution in [-0.4, -0.2) is 62.2 Å². The summed E-state index contributed by atoms with van der Waals surface area (Å²) in [5, 5.41) is 7.07. The SMILES string of the molecule is Cc1ccc(-c2nc3cc(F)ccc3n2C)cc1NC(=O)C(=O)N1CCN(c2cnn(-c3ccccc3)c(=O)c2Cl)CC1. The highest BCUT2D eigenvalue weighted by Gasteiger charge is 2.28. The van der Waals surface area contributed by atoms with Crippen LogP contribution in [0.15, 0.2) is 77.7 Å². The zero-order chi connectivity index (χ0) is 30.2. The lowest BCUT2D eigenvalue weighted by molar-refractivity contribution is -0.143. The van der Waals surface area contributed by atoms with Gasteiger partial charge in [0, 0.05) is 50.5 Å². The van der Waals surface area contributed by atoms with E-state index in [2.05, 4.69) is 15.4 Å². The predicted molar refractivity (Wildman–Crippen MR) is 163 cm³/mol. The summed E-state index contributed by atoms with van der Waals surface area (Å²) in [5.74, 6) is -1.19. The maximum absolute atomic E-state index is 13.7. The molecule has 0 atom stereocenters. The number of hydrogen-bond acceptors (Lipinski definition) is 6. The molecule has 1 saturated heterocycles. The van der Waals surface area contributed by atoms with Crippen molar-refractivity contribution in [1.29, 1.82) is 0 Å². The molecule has 0 saturated carbocycles. The van der Waals surface area contributed by atoms with Gasteiger partial charge in [-0.3, -0.25) is 14.4 Å². The van der Waals surface area contributed by atoms with E-state index in [-0.39, 0.29) is 23.9 Å². The Bertz CT molecular complexity index is 1930. The minimum Gasteiger partial charge on any atom is -0.365 e. The summed E-state index contributed by atoms with van der Waals surface area (Å²) in [4.78, 5) is 46.9. The van der Waals surface area contributed by atoms with Crippen molar-refractivity contribution in [3.8, 4) is 17.1 Å². The Morgan fingerprint density at radius 1 is 0.977 bits per heavy atom. The van der Waals surface area contributed by atoms with Crippen LogP contribution in [0.4, 0.5) is 15.8 Å². The lowest BCUT2D eigenvalue weighted by atomic mass is 10.1. The van der Waals surface area contributed by atoms with E-state index < -0.39 is 17.4 Å². The van der Waals surface area contributed by atoms with Gasteiger partial charge in [-0.2, -0.15) is 9.78 Å². The number of aryl methyl sites for hydroxylation is 2. The highest BCUT2D eigenvalue weighted by atomic mass is 35.5. The summed E-state index contributed by atoms with van der Waals surface area (Å²) in [5.41, 5.74) is 3.89. The van der Waals surface area contributed by atoms with Crippen molar-refractivity contribution in [2.45, 2.75) is 6.92 Å². The third kappa shape index (κ3) is 5.35. The van der Waals surface area contributed by atoms with Crippen molar-refractivity contribution < 1.29 is 14.0 Å². The number of carbonyl (C=O) groups is 2. The quantitative estimate of drug-likeness (QED) is 0.311. The van der Waals surface area contributed by atoms with Gasteiger partial charge in [-0.25, -0.2) is 9.37 Å². The van der Waals surface area contributed by atoms with E-state index in [4.69, 9.17) is 11.6 Å². The van der Waals surface area contributed by atoms with E-state index in [1.807, 2.05) is 41.6 Å². The smallest absolute Gasteiger partial charge is 0.313 e. The molecule has 43 heavy (non-hydrogen) atoms. The van der Waals surface area contributed by atoms with E-state index in [9.17, 15) is 18.8 Å². The number of halogens is 2. The number of piperazine rings is 1. The number of benzene rings is 3. The molecule has 1 aliphatic heterocycles. The Balaban J connectivity index is 1.13. The number of nitrogens with zero attached hydrogens (tertiary/aromatic N) is 6. The molecule has 12 heteroatoms. The predicted octanol–water partition coefficient (Wildman–Crippen LogP) is 4.17. The zero-order valence-corrected chi connectivity index (χ0v) is 24.2. The Kier molecular flexibility index (Phi) is 7.41. The minimum absolute atomic E-state index is 0.0393. The van der Waals surface area contributed by atoms with Crippen LogP contribution in [0.25, 0.3) is 28.1 Å². The average Bonchev–Trinajstić information content (AvgIpc) is 3.34. The van der Waals surface area contributed by atoms with Crippen molar-refractivity contribution in [2.24, 2.45) is 7.05 Å². The molecule has 0 spiro atoms. The number of fused-ring (bicyclic) bond motifs is 1. The molecule has 2 amide bonds. The monoisotopic (exact) mass is 599 g/mol. The third-order valence-corrected chi connectivity index (χ3v) is 7.95. The first kappa shape index (κ1) is 28.1. The molecule has 5 aromatic rings. The second-order valence-electron chi connectivity index (χ2n) is 10.3. The van der Waals surface area contributed by atoms with Gasteiger partial charge in [0.25, 0.3) is 5.56 Å². The van der Waals surface area contributed by atoms with Crippen LogP contribution in [0, 0.1) is 12.7 Å². The molecule has 3 heterocycles. The van der Waals surface area contributed by atoms with Crippen LogP contribution in [-0.2, 0) is 16.6 Å². The van der Waals surface area contributed by atoms with E-state index in [1.165, 1.54) is 27.9 Å². The van der Waals surface area contributed by atoms with Crippen molar-refractivity contribution in [3.05, 3.63) is 99.7 Å². The minimum atomic E-state index is -0.758. The summed E-state index contributed by atoms with van der Waals surface area (Å²) in [6.45, 7) is 3.10. The maximum atomic E-state index is 13.7. The van der Waals surface area contributed by atoms with Gasteiger partial charge in [0.05, 0.1) is 28.6 Å². The van der Waals surface area contributed by atoms with Gasteiger partial charge in [0.2, 0.25) is 0 Å². The van der Waals surface area contributed by atoms with Crippen LogP contribution < -0.4 is 15.8 Å². The maximum Gasteiger partial charge on any atom is 0.313 e. The van der Waals surface area contributed by atoms with Crippen molar-refractivity contribution in [2.75, 3.05) is 36.4 Å².